The van der Waals surface area contributed by atoms with Gasteiger partial charge in [0.05, 0.1) is 0 Å². The minimum Gasteiger partial charge on any atom is -0.446 e. The monoisotopic (exact) mass is 314 g/mol. The van der Waals surface area contributed by atoms with E-state index < -0.39 is 0 Å². The molecule has 4 rings (SSSR count). The Morgan fingerprint density at radius 1 is 1.22 bits per heavy atom. The fourth-order valence-electron chi connectivity index (χ4n) is 4.83. The first kappa shape index (κ1) is 15.0. The minimum absolute atomic E-state index is 0.115. The van der Waals surface area contributed by atoms with Gasteiger partial charge in [-0.15, -0.1) is 0 Å². The Labute approximate surface area is 138 Å². The molecule has 1 N–H and O–H groups in total. The van der Waals surface area contributed by atoms with Gasteiger partial charge in [-0.1, -0.05) is 36.8 Å². The van der Waals surface area contributed by atoms with E-state index in [4.69, 9.17) is 4.74 Å². The highest BCUT2D eigenvalue weighted by Crippen LogP contribution is 2.44. The van der Waals surface area contributed by atoms with Crippen molar-refractivity contribution in [2.24, 2.45) is 11.8 Å². The van der Waals surface area contributed by atoms with Crippen LogP contribution in [-0.2, 0) is 11.3 Å². The molecule has 4 heteroatoms. The van der Waals surface area contributed by atoms with E-state index in [9.17, 15) is 4.79 Å². The van der Waals surface area contributed by atoms with Gasteiger partial charge in [0.1, 0.15) is 6.10 Å². The fraction of sp³-hybridized carbons (Fsp3) is 0.632. The SMILES string of the molecule is O=C(NCc1ccccc1)O[C@@H]1C[C@H]2C[C@@H]1[C@H]1CCCCN1C2. The van der Waals surface area contributed by atoms with Gasteiger partial charge >= 0.3 is 6.09 Å². The molecule has 0 aromatic heterocycles. The van der Waals surface area contributed by atoms with E-state index in [2.05, 4.69) is 10.2 Å². The lowest BCUT2D eigenvalue weighted by Crippen LogP contribution is -2.50. The van der Waals surface area contributed by atoms with Gasteiger partial charge in [0.2, 0.25) is 0 Å². The fourth-order valence-corrected chi connectivity index (χ4v) is 4.83. The molecule has 3 fully saturated rings. The largest absolute Gasteiger partial charge is 0.446 e. The van der Waals surface area contributed by atoms with E-state index >= 15 is 0 Å². The Morgan fingerprint density at radius 2 is 2.09 bits per heavy atom. The lowest BCUT2D eigenvalue weighted by atomic mass is 9.84. The topological polar surface area (TPSA) is 41.6 Å². The third-order valence-electron chi connectivity index (χ3n) is 5.84. The van der Waals surface area contributed by atoms with Gasteiger partial charge in [-0.25, -0.2) is 4.79 Å². The molecular weight excluding hydrogens is 288 g/mol. The first-order valence-electron chi connectivity index (χ1n) is 9.02. The molecule has 2 aliphatic heterocycles. The number of amides is 1. The zero-order chi connectivity index (χ0) is 15.6. The highest BCUT2D eigenvalue weighted by molar-refractivity contribution is 5.67. The molecule has 1 aliphatic carbocycles. The summed E-state index contributed by atoms with van der Waals surface area (Å²) in [6.07, 6.45) is 6.10. The van der Waals surface area contributed by atoms with E-state index in [1.54, 1.807) is 0 Å². The Balaban J connectivity index is 1.33. The number of carbonyl (C=O) groups is 1. The summed E-state index contributed by atoms with van der Waals surface area (Å²) in [4.78, 5) is 14.8. The number of nitrogens with zero attached hydrogens (tertiary/aromatic N) is 1. The van der Waals surface area contributed by atoms with E-state index in [0.29, 0.717) is 18.5 Å². The maximum absolute atomic E-state index is 12.2. The van der Waals surface area contributed by atoms with Crippen LogP contribution in [0.5, 0.6) is 0 Å². The highest BCUT2D eigenvalue weighted by atomic mass is 16.6. The third kappa shape index (κ3) is 3.23. The number of carbonyl (C=O) groups excluding carboxylic acids is 1. The summed E-state index contributed by atoms with van der Waals surface area (Å²) >= 11 is 0. The number of piperidine rings is 2. The smallest absolute Gasteiger partial charge is 0.407 e. The van der Waals surface area contributed by atoms with E-state index in [0.717, 1.165) is 17.9 Å². The second-order valence-corrected chi connectivity index (χ2v) is 7.34. The average molecular weight is 314 g/mol. The first-order valence-corrected chi connectivity index (χ1v) is 9.02. The molecule has 4 nitrogen and oxygen atoms in total. The van der Waals surface area contributed by atoms with Gasteiger partial charge in [0, 0.05) is 25.0 Å². The van der Waals surface area contributed by atoms with Crippen LogP contribution in [0.2, 0.25) is 0 Å². The Bertz CT molecular complexity index is 548. The molecule has 3 aliphatic rings. The van der Waals surface area contributed by atoms with Gasteiger partial charge in [0.25, 0.3) is 0 Å². The van der Waals surface area contributed by atoms with E-state index in [1.807, 2.05) is 30.3 Å². The van der Waals surface area contributed by atoms with Crippen LogP contribution >= 0.6 is 0 Å². The van der Waals surface area contributed by atoms with Gasteiger partial charge in [-0.05, 0) is 43.7 Å². The van der Waals surface area contributed by atoms with Crippen LogP contribution in [0.1, 0.15) is 37.7 Å². The summed E-state index contributed by atoms with van der Waals surface area (Å²) in [5.41, 5.74) is 1.10. The van der Waals surface area contributed by atoms with Crippen LogP contribution in [0.15, 0.2) is 30.3 Å². The van der Waals surface area contributed by atoms with Crippen molar-refractivity contribution in [2.75, 3.05) is 13.1 Å². The van der Waals surface area contributed by atoms with E-state index in [1.165, 1.54) is 38.8 Å². The molecule has 0 radical (unpaired) electrons. The summed E-state index contributed by atoms with van der Waals surface area (Å²) < 4.78 is 5.82. The maximum Gasteiger partial charge on any atom is 0.407 e. The van der Waals surface area contributed by atoms with Crippen molar-refractivity contribution in [3.05, 3.63) is 35.9 Å². The van der Waals surface area contributed by atoms with Crippen LogP contribution in [0.3, 0.4) is 0 Å². The van der Waals surface area contributed by atoms with Crippen molar-refractivity contribution in [3.63, 3.8) is 0 Å². The molecule has 1 aromatic rings. The third-order valence-corrected chi connectivity index (χ3v) is 5.84. The second kappa shape index (κ2) is 6.52. The molecule has 1 aromatic carbocycles. The molecule has 1 saturated carbocycles. The molecule has 0 spiro atoms. The standard InChI is InChI=1S/C19H26N2O2/c22-19(20-12-14-6-2-1-3-7-14)23-18-11-15-10-16(18)17-8-4-5-9-21(17)13-15/h1-3,6-7,15-18H,4-5,8-13H2,(H,20,22)/t15-,16-,17-,18-/m1/s1. The molecular formula is C19H26N2O2. The van der Waals surface area contributed by atoms with Gasteiger partial charge < -0.3 is 10.1 Å². The molecule has 4 atom stereocenters. The Hall–Kier alpha value is -1.55. The van der Waals surface area contributed by atoms with Crippen molar-refractivity contribution >= 4 is 6.09 Å². The van der Waals surface area contributed by atoms with Crippen LogP contribution in [0, 0.1) is 11.8 Å². The van der Waals surface area contributed by atoms with Gasteiger partial charge in [-0.2, -0.15) is 0 Å². The normalized spacial score (nSPS) is 33.0. The van der Waals surface area contributed by atoms with Gasteiger partial charge in [0.15, 0.2) is 0 Å². The summed E-state index contributed by atoms with van der Waals surface area (Å²) in [7, 11) is 0. The number of hydrogen-bond donors (Lipinski definition) is 1. The van der Waals surface area contributed by atoms with Crippen molar-refractivity contribution in [2.45, 2.75) is 50.8 Å². The summed E-state index contributed by atoms with van der Waals surface area (Å²) in [5, 5.41) is 2.90. The molecule has 2 bridgehead atoms. The summed E-state index contributed by atoms with van der Waals surface area (Å²) in [6, 6.07) is 10.6. The first-order chi connectivity index (χ1) is 11.3. The van der Waals surface area contributed by atoms with Crippen molar-refractivity contribution in [1.82, 2.24) is 10.2 Å². The average Bonchev–Trinajstić information content (AvgIpc) is 2.91. The molecule has 0 unspecified atom stereocenters. The predicted molar refractivity (Wildman–Crippen MR) is 89.0 cm³/mol. The van der Waals surface area contributed by atoms with Crippen LogP contribution in [0.25, 0.3) is 0 Å². The lowest BCUT2D eigenvalue weighted by molar-refractivity contribution is 0.0145. The number of hydrogen-bond acceptors (Lipinski definition) is 3. The quantitative estimate of drug-likeness (QED) is 0.931. The van der Waals surface area contributed by atoms with Crippen LogP contribution < -0.4 is 5.32 Å². The lowest BCUT2D eigenvalue weighted by Gasteiger charge is -2.43. The van der Waals surface area contributed by atoms with E-state index in [-0.39, 0.29) is 12.2 Å². The molecule has 23 heavy (non-hydrogen) atoms. The van der Waals surface area contributed by atoms with Crippen molar-refractivity contribution in [1.29, 1.82) is 0 Å². The van der Waals surface area contributed by atoms with Gasteiger partial charge in [-0.3, -0.25) is 4.90 Å². The minimum atomic E-state index is -0.256. The highest BCUT2D eigenvalue weighted by Gasteiger charge is 2.48. The Morgan fingerprint density at radius 3 is 2.96 bits per heavy atom. The zero-order valence-electron chi connectivity index (χ0n) is 13.6. The van der Waals surface area contributed by atoms with Crippen LogP contribution in [0.4, 0.5) is 4.79 Å². The van der Waals surface area contributed by atoms with Crippen molar-refractivity contribution in [3.8, 4) is 0 Å². The summed E-state index contributed by atoms with van der Waals surface area (Å²) in [5.74, 6) is 1.28. The number of rotatable bonds is 3. The second-order valence-electron chi connectivity index (χ2n) is 7.34. The number of ether oxygens (including phenoxy) is 1. The maximum atomic E-state index is 12.2. The van der Waals surface area contributed by atoms with Crippen molar-refractivity contribution < 1.29 is 9.53 Å². The zero-order valence-corrected chi connectivity index (χ0v) is 13.6. The number of nitrogens with one attached hydrogen (secondary N) is 1. The number of benzene rings is 1. The predicted octanol–water partition coefficient (Wildman–Crippen LogP) is 3.18. The molecule has 124 valence electrons. The molecule has 2 saturated heterocycles. The number of alkyl carbamates (subject to hydrolysis) is 1. The molecule has 2 heterocycles. The molecule has 1 amide bonds. The summed E-state index contributed by atoms with van der Waals surface area (Å²) in [6.45, 7) is 2.99. The Kier molecular flexibility index (Phi) is 4.25. The van der Waals surface area contributed by atoms with Crippen LogP contribution in [-0.4, -0.2) is 36.2 Å². The number of fused-ring (bicyclic) bond motifs is 4.